The number of hydrogen-bond donors (Lipinski definition) is 1. The summed E-state index contributed by atoms with van der Waals surface area (Å²) in [4.78, 5) is 33.6. The predicted octanol–water partition coefficient (Wildman–Crippen LogP) is 7.09. The molecule has 0 bridgehead atoms. The molecule has 4 aromatic carbocycles. The number of ether oxygens (including phenoxy) is 4. The third-order valence-corrected chi connectivity index (χ3v) is 9.74. The van der Waals surface area contributed by atoms with Crippen molar-refractivity contribution in [3.05, 3.63) is 142 Å². The maximum atomic E-state index is 14.3. The summed E-state index contributed by atoms with van der Waals surface area (Å²) < 4.78 is 24.6. The first-order chi connectivity index (χ1) is 24.1. The van der Waals surface area contributed by atoms with E-state index in [-0.39, 0.29) is 18.1 Å². The Morgan fingerprint density at radius 1 is 0.920 bits per heavy atom. The van der Waals surface area contributed by atoms with Crippen molar-refractivity contribution in [1.29, 1.82) is 0 Å². The first kappa shape index (κ1) is 34.8. The molecular weight excluding hydrogens is 697 g/mol. The van der Waals surface area contributed by atoms with Crippen molar-refractivity contribution in [2.75, 3.05) is 26.6 Å². The third kappa shape index (κ3) is 7.00. The van der Waals surface area contributed by atoms with Gasteiger partial charge in [0.05, 0.1) is 48.2 Å². The number of carbonyl (C=O) groups is 1. The molecule has 12 heteroatoms. The summed E-state index contributed by atoms with van der Waals surface area (Å²) >= 11 is 13.9. The topological polar surface area (TPSA) is 100 Å². The first-order valence-electron chi connectivity index (χ1n) is 15.5. The quantitative estimate of drug-likeness (QED) is 0.165. The number of benzene rings is 4. The Morgan fingerprint density at radius 2 is 1.64 bits per heavy atom. The van der Waals surface area contributed by atoms with Crippen molar-refractivity contribution >= 4 is 52.2 Å². The molecule has 1 amide bonds. The molecule has 6 rings (SSSR count). The molecule has 1 aromatic heterocycles. The number of fused-ring (bicyclic) bond motifs is 1. The number of allylic oxidation sites excluding steroid dienone is 1. The van der Waals surface area contributed by atoms with E-state index in [4.69, 9.17) is 47.1 Å². The van der Waals surface area contributed by atoms with Crippen molar-refractivity contribution in [2.24, 2.45) is 4.99 Å². The number of aromatic nitrogens is 1. The van der Waals surface area contributed by atoms with Crippen LogP contribution in [0.15, 0.2) is 99.9 Å². The Kier molecular flexibility index (Phi) is 10.3. The zero-order valence-corrected chi connectivity index (χ0v) is 30.2. The molecule has 0 aliphatic carbocycles. The van der Waals surface area contributed by atoms with Crippen LogP contribution in [0.5, 0.6) is 23.0 Å². The van der Waals surface area contributed by atoms with Gasteiger partial charge in [-0.2, -0.15) is 0 Å². The van der Waals surface area contributed by atoms with Crippen LogP contribution in [0, 0.1) is 6.92 Å². The number of halogens is 2. The Labute approximate surface area is 302 Å². The zero-order valence-electron chi connectivity index (χ0n) is 27.9. The first-order valence-corrected chi connectivity index (χ1v) is 17.0. The highest BCUT2D eigenvalue weighted by molar-refractivity contribution is 7.07. The summed E-state index contributed by atoms with van der Waals surface area (Å²) in [6.07, 6.45) is 1.72. The number of nitrogens with one attached hydrogen (secondary N) is 1. The van der Waals surface area contributed by atoms with Gasteiger partial charge in [0, 0.05) is 10.7 Å². The summed E-state index contributed by atoms with van der Waals surface area (Å²) in [6, 6.07) is 22.8. The standard InChI is InChI=1S/C38H33Cl2N3O6S/c1-21-8-6-7-9-28(21)42-36(44)33-22(2)41-38-43(34(33)25-12-15-29(46-3)30(19-25)47-4)37(45)32(50-38)18-24-16-27(40)35(31(17-24)48-5)49-20-23-10-13-26(39)14-11-23/h6-19,34H,20H2,1-5H3,(H,42,44)/b32-18-/t34-/m1/s1. The van der Waals surface area contributed by atoms with Crippen LogP contribution in [0.3, 0.4) is 0 Å². The minimum absolute atomic E-state index is 0.250. The highest BCUT2D eigenvalue weighted by Gasteiger charge is 2.33. The number of thiazole rings is 1. The van der Waals surface area contributed by atoms with E-state index in [1.807, 2.05) is 49.4 Å². The third-order valence-electron chi connectivity index (χ3n) is 8.23. The van der Waals surface area contributed by atoms with Crippen LogP contribution in [0.25, 0.3) is 6.08 Å². The van der Waals surface area contributed by atoms with Crippen LogP contribution in [0.2, 0.25) is 10.0 Å². The van der Waals surface area contributed by atoms with Gasteiger partial charge in [-0.3, -0.25) is 14.2 Å². The fraction of sp³-hybridized carbons (Fsp3) is 0.184. The van der Waals surface area contributed by atoms with Crippen molar-refractivity contribution in [2.45, 2.75) is 26.5 Å². The Bertz CT molecular complexity index is 2310. The highest BCUT2D eigenvalue weighted by atomic mass is 35.5. The number of anilines is 1. The molecule has 0 spiro atoms. The smallest absolute Gasteiger partial charge is 0.271 e. The van der Waals surface area contributed by atoms with Gasteiger partial charge < -0.3 is 24.3 Å². The molecule has 0 unspecified atom stereocenters. The van der Waals surface area contributed by atoms with Crippen LogP contribution in [-0.4, -0.2) is 31.8 Å². The molecule has 1 atom stereocenters. The normalized spacial score (nSPS) is 14.1. The Morgan fingerprint density at radius 3 is 2.34 bits per heavy atom. The van der Waals surface area contributed by atoms with Gasteiger partial charge in [-0.1, -0.05) is 70.9 Å². The Hall–Kier alpha value is -5.03. The fourth-order valence-electron chi connectivity index (χ4n) is 5.70. The SMILES string of the molecule is COc1ccc([C@@H]2C(C(=O)Nc3ccccc3C)=C(C)N=c3s/c(=C\c4cc(Cl)c(OCc5ccc(Cl)cc5)c(OC)c4)c(=O)n32)cc1OC. The average Bonchev–Trinajstić information content (AvgIpc) is 3.41. The van der Waals surface area contributed by atoms with E-state index < -0.39 is 6.04 Å². The summed E-state index contributed by atoms with van der Waals surface area (Å²) in [5.74, 6) is 1.37. The van der Waals surface area contributed by atoms with E-state index in [1.165, 1.54) is 25.6 Å². The van der Waals surface area contributed by atoms with Crippen molar-refractivity contribution in [1.82, 2.24) is 4.57 Å². The zero-order chi connectivity index (χ0) is 35.5. The average molecular weight is 731 g/mol. The lowest BCUT2D eigenvalue weighted by atomic mass is 9.94. The summed E-state index contributed by atoms with van der Waals surface area (Å²) in [5, 5.41) is 3.97. The molecule has 9 nitrogen and oxygen atoms in total. The number of nitrogens with zero attached hydrogens (tertiary/aromatic N) is 2. The van der Waals surface area contributed by atoms with Crippen LogP contribution >= 0.6 is 34.5 Å². The number of amides is 1. The summed E-state index contributed by atoms with van der Waals surface area (Å²) in [6.45, 7) is 3.93. The number of hydrogen-bond acceptors (Lipinski definition) is 8. The van der Waals surface area contributed by atoms with Gasteiger partial charge in [-0.15, -0.1) is 0 Å². The fourth-order valence-corrected chi connectivity index (χ4v) is 7.15. The summed E-state index contributed by atoms with van der Waals surface area (Å²) in [5.41, 5.74) is 4.20. The lowest BCUT2D eigenvalue weighted by Gasteiger charge is -2.26. The van der Waals surface area contributed by atoms with Gasteiger partial charge in [0.15, 0.2) is 27.8 Å². The molecule has 0 fully saturated rings. The maximum absolute atomic E-state index is 14.3. The second-order valence-electron chi connectivity index (χ2n) is 11.4. The number of aryl methyl sites for hydroxylation is 1. The molecule has 0 saturated heterocycles. The molecule has 1 N–H and O–H groups in total. The molecule has 1 aliphatic heterocycles. The summed E-state index contributed by atoms with van der Waals surface area (Å²) in [7, 11) is 4.60. The molecule has 50 heavy (non-hydrogen) atoms. The lowest BCUT2D eigenvalue weighted by Crippen LogP contribution is -2.40. The van der Waals surface area contributed by atoms with Gasteiger partial charge in [0.2, 0.25) is 0 Å². The number of methoxy groups -OCH3 is 3. The number of rotatable bonds is 10. The predicted molar refractivity (Wildman–Crippen MR) is 197 cm³/mol. The maximum Gasteiger partial charge on any atom is 0.271 e. The van der Waals surface area contributed by atoms with E-state index in [2.05, 4.69) is 5.32 Å². The highest BCUT2D eigenvalue weighted by Crippen LogP contribution is 2.38. The van der Waals surface area contributed by atoms with Crippen LogP contribution in [0.1, 0.15) is 35.2 Å². The second kappa shape index (κ2) is 14.8. The molecule has 0 radical (unpaired) electrons. The van der Waals surface area contributed by atoms with Gasteiger partial charge >= 0.3 is 0 Å². The molecule has 1 aliphatic rings. The van der Waals surface area contributed by atoms with Gasteiger partial charge in [0.1, 0.15) is 6.61 Å². The van der Waals surface area contributed by atoms with E-state index in [0.717, 1.165) is 11.1 Å². The number of para-hydroxylation sites is 1. The minimum Gasteiger partial charge on any atom is -0.493 e. The van der Waals surface area contributed by atoms with E-state index in [9.17, 15) is 9.59 Å². The monoisotopic (exact) mass is 729 g/mol. The number of carbonyl (C=O) groups excluding carboxylic acids is 1. The van der Waals surface area contributed by atoms with Gasteiger partial charge in [-0.25, -0.2) is 4.99 Å². The van der Waals surface area contributed by atoms with Gasteiger partial charge in [0.25, 0.3) is 11.5 Å². The second-order valence-corrected chi connectivity index (χ2v) is 13.3. The van der Waals surface area contributed by atoms with Gasteiger partial charge in [-0.05, 0) is 84.6 Å². The van der Waals surface area contributed by atoms with Crippen LogP contribution in [0.4, 0.5) is 5.69 Å². The van der Waals surface area contributed by atoms with Crippen molar-refractivity contribution < 1.29 is 23.7 Å². The van der Waals surface area contributed by atoms with Crippen molar-refractivity contribution in [3.8, 4) is 23.0 Å². The van der Waals surface area contributed by atoms with Crippen LogP contribution < -0.4 is 39.2 Å². The molecular formula is C38H33Cl2N3O6S. The lowest BCUT2D eigenvalue weighted by molar-refractivity contribution is -0.113. The molecule has 0 saturated carbocycles. The van der Waals surface area contributed by atoms with E-state index >= 15 is 0 Å². The molecule has 5 aromatic rings. The van der Waals surface area contributed by atoms with Crippen LogP contribution in [-0.2, 0) is 11.4 Å². The Balaban J connectivity index is 1.43. The van der Waals surface area contributed by atoms with E-state index in [1.54, 1.807) is 61.1 Å². The largest absolute Gasteiger partial charge is 0.493 e. The minimum atomic E-state index is -0.820. The van der Waals surface area contributed by atoms with E-state index in [0.29, 0.717) is 70.5 Å². The molecule has 2 heterocycles. The molecule has 256 valence electrons. The van der Waals surface area contributed by atoms with Crippen molar-refractivity contribution in [3.63, 3.8) is 0 Å².